The summed E-state index contributed by atoms with van der Waals surface area (Å²) in [6.07, 6.45) is -9.32. The lowest BCUT2D eigenvalue weighted by molar-refractivity contribution is -0.117. The molecule has 0 bridgehead atoms. The van der Waals surface area contributed by atoms with Crippen molar-refractivity contribution in [2.45, 2.75) is 26.2 Å². The highest BCUT2D eigenvalue weighted by Gasteiger charge is 2.52. The zero-order valence-corrected chi connectivity index (χ0v) is 7.95. The lowest BCUT2D eigenvalue weighted by Crippen LogP contribution is -2.36. The fourth-order valence-electron chi connectivity index (χ4n) is 0.597. The van der Waals surface area contributed by atoms with Gasteiger partial charge in [0.2, 0.25) is 5.71 Å². The van der Waals surface area contributed by atoms with Gasteiger partial charge in [-0.3, -0.25) is 0 Å². The molecule has 0 aromatic heterocycles. The summed E-state index contributed by atoms with van der Waals surface area (Å²) in [6, 6.07) is 0. The van der Waals surface area contributed by atoms with E-state index in [1.54, 1.807) is 13.8 Å². The van der Waals surface area contributed by atoms with E-state index in [9.17, 15) is 26.3 Å². The normalized spacial score (nSPS) is 13.7. The number of hydrogen-bond acceptors (Lipinski definition) is 1. The summed E-state index contributed by atoms with van der Waals surface area (Å²) >= 11 is 0. The first-order chi connectivity index (χ1) is 6.55. The maximum Gasteiger partial charge on any atom is 0.438 e. The van der Waals surface area contributed by atoms with Crippen LogP contribution in [0.25, 0.3) is 0 Å². The molecule has 0 spiro atoms. The van der Waals surface area contributed by atoms with Crippen molar-refractivity contribution in [3.63, 3.8) is 0 Å². The molecule has 0 rings (SSSR count). The summed E-state index contributed by atoms with van der Waals surface area (Å²) in [4.78, 5) is 2.39. The number of allylic oxidation sites excluding steroid dienone is 1. The third kappa shape index (κ3) is 5.44. The van der Waals surface area contributed by atoms with E-state index in [1.165, 1.54) is 0 Å². The number of hydrogen-bond donors (Lipinski definition) is 0. The summed E-state index contributed by atoms with van der Waals surface area (Å²) in [6.45, 7) is 3.21. The van der Waals surface area contributed by atoms with Crippen molar-refractivity contribution in [1.29, 1.82) is 0 Å². The molecule has 0 N–H and O–H groups in total. The predicted molar refractivity (Wildman–Crippen MR) is 43.5 cm³/mol. The molecule has 0 aromatic carbocycles. The molecular weight excluding hydrogens is 224 g/mol. The quantitative estimate of drug-likeness (QED) is 0.509. The molecule has 0 amide bonds. The van der Waals surface area contributed by atoms with Crippen molar-refractivity contribution < 1.29 is 26.3 Å². The molecule has 0 aliphatic carbocycles. The van der Waals surface area contributed by atoms with Crippen LogP contribution < -0.4 is 0 Å². The fraction of sp³-hybridized carbons (Fsp3) is 0.625. The fourth-order valence-corrected chi connectivity index (χ4v) is 0.597. The number of alkyl halides is 6. The highest BCUT2D eigenvalue weighted by Crippen LogP contribution is 2.30. The van der Waals surface area contributed by atoms with Crippen molar-refractivity contribution in [3.05, 3.63) is 12.3 Å². The molecule has 0 saturated carbocycles. The molecule has 1 nitrogen and oxygen atoms in total. The van der Waals surface area contributed by atoms with Gasteiger partial charge >= 0.3 is 12.4 Å². The van der Waals surface area contributed by atoms with E-state index >= 15 is 0 Å². The Bertz CT molecular complexity index is 241. The third-order valence-electron chi connectivity index (χ3n) is 1.21. The monoisotopic (exact) mass is 233 g/mol. The van der Waals surface area contributed by atoms with E-state index in [-0.39, 0.29) is 5.92 Å². The lowest BCUT2D eigenvalue weighted by Gasteiger charge is -2.12. The van der Waals surface area contributed by atoms with Crippen LogP contribution in [0.5, 0.6) is 0 Å². The average Bonchev–Trinajstić information content (AvgIpc) is 1.92. The van der Waals surface area contributed by atoms with E-state index < -0.39 is 18.1 Å². The molecule has 0 atom stereocenters. The van der Waals surface area contributed by atoms with Gasteiger partial charge in [-0.2, -0.15) is 26.3 Å². The minimum Gasteiger partial charge on any atom is -0.248 e. The van der Waals surface area contributed by atoms with Gasteiger partial charge in [0, 0.05) is 6.20 Å². The Kier molecular flexibility index (Phi) is 4.36. The molecule has 0 aromatic rings. The predicted octanol–water partition coefficient (Wildman–Crippen LogP) is 3.72. The van der Waals surface area contributed by atoms with Gasteiger partial charge in [0.25, 0.3) is 0 Å². The molecule has 0 aliphatic rings. The topological polar surface area (TPSA) is 12.4 Å². The van der Waals surface area contributed by atoms with E-state index in [0.29, 0.717) is 6.20 Å². The molecule has 0 fully saturated rings. The number of halogens is 6. The Morgan fingerprint density at radius 2 is 1.40 bits per heavy atom. The van der Waals surface area contributed by atoms with Crippen LogP contribution in [0.2, 0.25) is 0 Å². The summed E-state index contributed by atoms with van der Waals surface area (Å²) in [5.41, 5.74) is -2.74. The maximum absolute atomic E-state index is 11.9. The van der Waals surface area contributed by atoms with Crippen LogP contribution in [0.3, 0.4) is 0 Å². The van der Waals surface area contributed by atoms with E-state index in [1.807, 2.05) is 0 Å². The minimum atomic E-state index is -5.49. The molecule has 7 heteroatoms. The molecular formula is C8H9F6N. The molecule has 0 unspecified atom stereocenters. The maximum atomic E-state index is 11.9. The largest absolute Gasteiger partial charge is 0.438 e. The van der Waals surface area contributed by atoms with Crippen molar-refractivity contribution >= 4 is 5.71 Å². The van der Waals surface area contributed by atoms with Gasteiger partial charge < -0.3 is 0 Å². The van der Waals surface area contributed by atoms with Crippen molar-refractivity contribution in [3.8, 4) is 0 Å². The second-order valence-corrected chi connectivity index (χ2v) is 3.06. The second-order valence-electron chi connectivity index (χ2n) is 3.06. The third-order valence-corrected chi connectivity index (χ3v) is 1.21. The van der Waals surface area contributed by atoms with Gasteiger partial charge in [-0.05, 0) is 5.92 Å². The Labute approximate surface area is 82.5 Å². The van der Waals surface area contributed by atoms with Gasteiger partial charge in [-0.1, -0.05) is 19.9 Å². The first kappa shape index (κ1) is 14.0. The molecule has 0 heterocycles. The number of rotatable bonds is 2. The summed E-state index contributed by atoms with van der Waals surface area (Å²) < 4.78 is 71.1. The standard InChI is InChI=1S/C8H9F6N/c1-5(2)3-4-15-6(7(9,10)11)8(12,13)14/h3-5H,1-2H3/b4-3+. The SMILES string of the molecule is CC(C)/C=C/N=C(C(F)(F)F)C(F)(F)F. The highest BCUT2D eigenvalue weighted by atomic mass is 19.4. The van der Waals surface area contributed by atoms with Crippen LogP contribution in [-0.4, -0.2) is 18.1 Å². The number of nitrogens with zero attached hydrogens (tertiary/aromatic N) is 1. The number of aliphatic imine (C=N–C) groups is 1. The Hall–Kier alpha value is -1.01. The molecule has 0 aliphatic heterocycles. The Morgan fingerprint density at radius 1 is 1.00 bits per heavy atom. The van der Waals surface area contributed by atoms with Gasteiger partial charge in [0.1, 0.15) is 0 Å². The smallest absolute Gasteiger partial charge is 0.248 e. The first-order valence-corrected chi connectivity index (χ1v) is 3.94. The highest BCUT2D eigenvalue weighted by molar-refractivity contribution is 5.94. The van der Waals surface area contributed by atoms with Gasteiger partial charge in [0.05, 0.1) is 0 Å². The Morgan fingerprint density at radius 3 is 1.67 bits per heavy atom. The van der Waals surface area contributed by atoms with Crippen LogP contribution in [0.4, 0.5) is 26.3 Å². The minimum absolute atomic E-state index is 0.170. The first-order valence-electron chi connectivity index (χ1n) is 3.94. The summed E-state index contributed by atoms with van der Waals surface area (Å²) in [5.74, 6) is -0.170. The molecule has 88 valence electrons. The lowest BCUT2D eigenvalue weighted by atomic mass is 10.2. The van der Waals surface area contributed by atoms with E-state index in [0.717, 1.165) is 6.08 Å². The molecule has 15 heavy (non-hydrogen) atoms. The van der Waals surface area contributed by atoms with Crippen molar-refractivity contribution in [1.82, 2.24) is 0 Å². The van der Waals surface area contributed by atoms with Crippen molar-refractivity contribution in [2.24, 2.45) is 10.9 Å². The zero-order valence-electron chi connectivity index (χ0n) is 7.95. The van der Waals surface area contributed by atoms with Crippen LogP contribution in [-0.2, 0) is 0 Å². The van der Waals surface area contributed by atoms with Gasteiger partial charge in [0.15, 0.2) is 0 Å². The van der Waals surface area contributed by atoms with E-state index in [4.69, 9.17) is 0 Å². The Balaban J connectivity index is 4.98. The van der Waals surface area contributed by atoms with E-state index in [2.05, 4.69) is 4.99 Å². The summed E-state index contributed by atoms with van der Waals surface area (Å²) in [5, 5.41) is 0. The van der Waals surface area contributed by atoms with Crippen LogP contribution >= 0.6 is 0 Å². The van der Waals surface area contributed by atoms with Crippen LogP contribution in [0.15, 0.2) is 17.3 Å². The zero-order chi connectivity index (χ0) is 12.3. The second kappa shape index (κ2) is 4.67. The molecule has 0 saturated heterocycles. The van der Waals surface area contributed by atoms with Gasteiger partial charge in [-0.25, -0.2) is 4.99 Å². The molecule has 0 radical (unpaired) electrons. The average molecular weight is 233 g/mol. The summed E-state index contributed by atoms with van der Waals surface area (Å²) in [7, 11) is 0. The van der Waals surface area contributed by atoms with Crippen LogP contribution in [0.1, 0.15) is 13.8 Å². The van der Waals surface area contributed by atoms with Crippen LogP contribution in [0, 0.1) is 5.92 Å². The van der Waals surface area contributed by atoms with Gasteiger partial charge in [-0.15, -0.1) is 0 Å². The van der Waals surface area contributed by atoms with Crippen molar-refractivity contribution in [2.75, 3.05) is 0 Å².